The van der Waals surface area contributed by atoms with Crippen LogP contribution in [0.2, 0.25) is 0 Å². The zero-order chi connectivity index (χ0) is 32.2. The molecule has 3 aromatic rings. The molecule has 5 rings (SSSR count). The van der Waals surface area contributed by atoms with Crippen molar-refractivity contribution in [3.63, 3.8) is 0 Å². The van der Waals surface area contributed by atoms with Crippen LogP contribution in [-0.4, -0.2) is 25.3 Å². The molecule has 0 aliphatic heterocycles. The summed E-state index contributed by atoms with van der Waals surface area (Å²) in [7, 11) is 0. The molecule has 2 saturated carbocycles. The molecule has 0 amide bonds. The van der Waals surface area contributed by atoms with E-state index in [-0.39, 0.29) is 71.2 Å². The fourth-order valence-electron chi connectivity index (χ4n) is 6.62. The van der Waals surface area contributed by atoms with Gasteiger partial charge in [-0.3, -0.25) is 4.79 Å². The minimum atomic E-state index is -1.32. The molecule has 10 heteroatoms. The molecule has 0 spiro atoms. The van der Waals surface area contributed by atoms with Crippen molar-refractivity contribution in [3.8, 4) is 22.6 Å². The third kappa shape index (κ3) is 6.79. The predicted octanol–water partition coefficient (Wildman–Crippen LogP) is 9.53. The lowest BCUT2D eigenvalue weighted by Crippen LogP contribution is -2.30. The molecule has 0 atom stereocenters. The van der Waals surface area contributed by atoms with Gasteiger partial charge in [0.15, 0.2) is 34.8 Å². The molecule has 242 valence electrons. The Balaban J connectivity index is 1.15. The van der Waals surface area contributed by atoms with Crippen LogP contribution in [0, 0.1) is 40.8 Å². The van der Waals surface area contributed by atoms with E-state index in [0.717, 1.165) is 6.07 Å². The van der Waals surface area contributed by atoms with Gasteiger partial charge in [-0.15, -0.1) is 0 Å². The fraction of sp³-hybridized carbons (Fsp3) is 0.457. The maximum absolute atomic E-state index is 15.2. The molecule has 0 N–H and O–H groups in total. The molecule has 0 heterocycles. The summed E-state index contributed by atoms with van der Waals surface area (Å²) < 4.78 is 104. The molecule has 0 radical (unpaired) electrons. The second kappa shape index (κ2) is 14.2. The van der Waals surface area contributed by atoms with E-state index in [0.29, 0.717) is 51.4 Å². The number of rotatable bonds is 9. The molecule has 2 aliphatic carbocycles. The van der Waals surface area contributed by atoms with Crippen molar-refractivity contribution in [1.82, 2.24) is 0 Å². The van der Waals surface area contributed by atoms with Gasteiger partial charge in [0, 0.05) is 11.1 Å². The Morgan fingerprint density at radius 3 is 1.56 bits per heavy atom. The molecule has 45 heavy (non-hydrogen) atoms. The third-order valence-corrected chi connectivity index (χ3v) is 9.02. The maximum Gasteiger partial charge on any atom is 0.309 e. The number of benzene rings is 3. The fourth-order valence-corrected chi connectivity index (χ4v) is 6.62. The number of esters is 1. The maximum atomic E-state index is 15.2. The van der Waals surface area contributed by atoms with Crippen molar-refractivity contribution in [2.24, 2.45) is 5.92 Å². The smallest absolute Gasteiger partial charge is 0.309 e. The Kier molecular flexibility index (Phi) is 10.3. The average Bonchev–Trinajstić information content (AvgIpc) is 3.04. The van der Waals surface area contributed by atoms with Crippen molar-refractivity contribution >= 4 is 5.97 Å². The number of ether oxygens (including phenoxy) is 3. The van der Waals surface area contributed by atoms with E-state index in [1.54, 1.807) is 19.9 Å². The second-order valence-corrected chi connectivity index (χ2v) is 11.7. The normalized spacial score (nSPS) is 21.8. The van der Waals surface area contributed by atoms with Gasteiger partial charge in [-0.25, -0.2) is 17.6 Å². The summed E-state index contributed by atoms with van der Waals surface area (Å²) in [6.07, 6.45) is 3.48. The van der Waals surface area contributed by atoms with Crippen LogP contribution in [0.1, 0.15) is 88.2 Å². The van der Waals surface area contributed by atoms with Crippen LogP contribution in [0.25, 0.3) is 11.1 Å². The van der Waals surface area contributed by atoms with E-state index in [1.165, 1.54) is 24.3 Å². The monoisotopic (exact) mass is 634 g/mol. The Labute approximate surface area is 258 Å². The minimum absolute atomic E-state index is 0.118. The number of carbonyl (C=O) groups is 1. The molecule has 0 aromatic heterocycles. The van der Waals surface area contributed by atoms with Gasteiger partial charge in [0.25, 0.3) is 0 Å². The number of hydrogen-bond acceptors (Lipinski definition) is 4. The molecule has 0 saturated heterocycles. The number of carbonyl (C=O) groups excluding carboxylic acids is 1. The molecular weight excluding hydrogens is 598 g/mol. The Bertz CT molecular complexity index is 1530. The average molecular weight is 635 g/mol. The summed E-state index contributed by atoms with van der Waals surface area (Å²) in [5.74, 6) is -8.50. The van der Waals surface area contributed by atoms with Gasteiger partial charge in [0.2, 0.25) is 11.6 Å². The van der Waals surface area contributed by atoms with Crippen molar-refractivity contribution < 1.29 is 45.3 Å². The quantitative estimate of drug-likeness (QED) is 0.174. The third-order valence-electron chi connectivity index (χ3n) is 9.02. The summed E-state index contributed by atoms with van der Waals surface area (Å²) in [4.78, 5) is 12.9. The zero-order valence-corrected chi connectivity index (χ0v) is 25.2. The predicted molar refractivity (Wildman–Crippen MR) is 156 cm³/mol. The highest BCUT2D eigenvalue weighted by Crippen LogP contribution is 2.42. The molecule has 4 nitrogen and oxygen atoms in total. The van der Waals surface area contributed by atoms with E-state index in [9.17, 15) is 22.4 Å². The molecule has 3 aromatic carbocycles. The number of halogens is 6. The highest BCUT2D eigenvalue weighted by molar-refractivity contribution is 5.72. The Hall–Kier alpha value is -3.69. The van der Waals surface area contributed by atoms with Crippen LogP contribution in [0.3, 0.4) is 0 Å². The van der Waals surface area contributed by atoms with Gasteiger partial charge in [0.1, 0.15) is 6.10 Å². The zero-order valence-electron chi connectivity index (χ0n) is 25.2. The molecule has 0 unspecified atom stereocenters. The first-order valence-corrected chi connectivity index (χ1v) is 15.5. The van der Waals surface area contributed by atoms with Crippen molar-refractivity contribution in [3.05, 3.63) is 82.4 Å². The lowest BCUT2D eigenvalue weighted by molar-refractivity contribution is -0.157. The van der Waals surface area contributed by atoms with E-state index in [1.807, 2.05) is 0 Å². The highest BCUT2D eigenvalue weighted by atomic mass is 19.2. The van der Waals surface area contributed by atoms with E-state index >= 15 is 8.78 Å². The molecule has 0 bridgehead atoms. The summed E-state index contributed by atoms with van der Waals surface area (Å²) in [5.41, 5.74) is -0.359. The Morgan fingerprint density at radius 2 is 1.00 bits per heavy atom. The van der Waals surface area contributed by atoms with Gasteiger partial charge >= 0.3 is 5.97 Å². The van der Waals surface area contributed by atoms with Gasteiger partial charge in [0.05, 0.1) is 19.1 Å². The van der Waals surface area contributed by atoms with E-state index in [4.69, 9.17) is 14.2 Å². The molecule has 2 aliphatic rings. The van der Waals surface area contributed by atoms with Gasteiger partial charge < -0.3 is 14.2 Å². The first-order valence-electron chi connectivity index (χ1n) is 15.5. The van der Waals surface area contributed by atoms with Crippen molar-refractivity contribution in [2.45, 2.75) is 83.2 Å². The summed E-state index contributed by atoms with van der Waals surface area (Å²) in [6, 6.07) is 7.97. The molecule has 2 fully saturated rings. The Morgan fingerprint density at radius 1 is 0.578 bits per heavy atom. The van der Waals surface area contributed by atoms with Crippen LogP contribution in [0.5, 0.6) is 11.5 Å². The van der Waals surface area contributed by atoms with Gasteiger partial charge in [-0.05, 0) is 106 Å². The van der Waals surface area contributed by atoms with Crippen molar-refractivity contribution in [1.29, 1.82) is 0 Å². The minimum Gasteiger partial charge on any atom is -0.491 e. The van der Waals surface area contributed by atoms with Crippen molar-refractivity contribution in [2.75, 3.05) is 13.2 Å². The lowest BCUT2D eigenvalue weighted by atomic mass is 9.78. The van der Waals surface area contributed by atoms with E-state index < -0.39 is 40.5 Å². The van der Waals surface area contributed by atoms with Crippen LogP contribution in [0.4, 0.5) is 26.3 Å². The largest absolute Gasteiger partial charge is 0.491 e. The topological polar surface area (TPSA) is 44.8 Å². The second-order valence-electron chi connectivity index (χ2n) is 11.7. The first kappa shape index (κ1) is 32.7. The SMILES string of the molecule is CCOc1ccc(-c2ccc(C3CCC(OC(=O)C4CCC(c5ccc(OCC)c(F)c5F)CC4)CC3)c(F)c2F)c(F)c1F. The molecular formula is C35H36F6O4. The van der Waals surface area contributed by atoms with Gasteiger partial charge in [-0.2, -0.15) is 8.78 Å². The van der Waals surface area contributed by atoms with Crippen LogP contribution in [-0.2, 0) is 9.53 Å². The van der Waals surface area contributed by atoms with E-state index in [2.05, 4.69) is 0 Å². The lowest BCUT2D eigenvalue weighted by Gasteiger charge is -2.32. The van der Waals surface area contributed by atoms with Gasteiger partial charge in [-0.1, -0.05) is 18.2 Å². The first-order chi connectivity index (χ1) is 21.6. The van der Waals surface area contributed by atoms with Crippen LogP contribution >= 0.6 is 0 Å². The summed E-state index contributed by atoms with van der Waals surface area (Å²) in [6.45, 7) is 3.65. The highest BCUT2D eigenvalue weighted by Gasteiger charge is 2.34. The summed E-state index contributed by atoms with van der Waals surface area (Å²) >= 11 is 0. The summed E-state index contributed by atoms with van der Waals surface area (Å²) in [5, 5.41) is 0. The van der Waals surface area contributed by atoms with Crippen LogP contribution in [0.15, 0.2) is 36.4 Å². The standard InChI is InChI=1S/C35H36F6O4/c1-3-43-27-17-15-24(30(37)33(27)40)19-5-7-21(8-6-19)35(42)45-22-11-9-20(10-12-22)23-13-14-25(31(38)29(23)36)26-16-18-28(44-4-2)34(41)32(26)39/h13-22H,3-12H2,1-2H3. The number of hydrogen-bond donors (Lipinski definition) is 0. The van der Waals surface area contributed by atoms with Crippen LogP contribution < -0.4 is 9.47 Å².